The van der Waals surface area contributed by atoms with E-state index >= 15 is 0 Å². The Hall–Kier alpha value is -2.99. The quantitative estimate of drug-likeness (QED) is 0.534. The SMILES string of the molecule is [C-]#[N+]C1(COc2ccc3ncc(F)c(CCC45CCC(NC(=O)OC(C)(C)C)(CC4)CO5)c3n2)CC1. The number of carbonyl (C=O) groups excluding carboxylic acids is 1. The summed E-state index contributed by atoms with van der Waals surface area (Å²) in [6.45, 7) is 13.6. The number of amides is 1. The van der Waals surface area contributed by atoms with E-state index in [0.717, 1.165) is 38.5 Å². The average Bonchev–Trinajstić information content (AvgIpc) is 3.62. The molecule has 8 nitrogen and oxygen atoms in total. The lowest BCUT2D eigenvalue weighted by molar-refractivity contribution is -0.163. The Morgan fingerprint density at radius 3 is 2.58 bits per heavy atom. The van der Waals surface area contributed by atoms with E-state index in [1.807, 2.05) is 20.8 Å². The zero-order valence-corrected chi connectivity index (χ0v) is 21.2. The van der Waals surface area contributed by atoms with E-state index in [1.165, 1.54) is 6.20 Å². The number of rotatable bonds is 7. The van der Waals surface area contributed by atoms with Gasteiger partial charge in [0, 0.05) is 24.5 Å². The van der Waals surface area contributed by atoms with Crippen LogP contribution in [0.15, 0.2) is 18.3 Å². The van der Waals surface area contributed by atoms with Crippen LogP contribution in [0.3, 0.4) is 0 Å². The van der Waals surface area contributed by atoms with E-state index in [4.69, 9.17) is 20.8 Å². The van der Waals surface area contributed by atoms with Gasteiger partial charge in [0.05, 0.1) is 35.0 Å². The zero-order chi connectivity index (χ0) is 25.6. The second-order valence-corrected chi connectivity index (χ2v) is 11.6. The molecule has 1 amide bonds. The number of nitrogens with zero attached hydrogens (tertiary/aromatic N) is 3. The van der Waals surface area contributed by atoms with Gasteiger partial charge < -0.3 is 24.4 Å². The van der Waals surface area contributed by atoms with Crippen molar-refractivity contribution in [3.8, 4) is 5.88 Å². The van der Waals surface area contributed by atoms with Crippen molar-refractivity contribution < 1.29 is 23.4 Å². The Kier molecular flexibility index (Phi) is 6.06. The molecule has 2 aliphatic carbocycles. The number of aryl methyl sites for hydroxylation is 1. The first-order chi connectivity index (χ1) is 17.0. The highest BCUT2D eigenvalue weighted by atomic mass is 19.1. The summed E-state index contributed by atoms with van der Waals surface area (Å²) in [7, 11) is 0. The fourth-order valence-electron chi connectivity index (χ4n) is 5.16. The second kappa shape index (κ2) is 8.84. The molecular weight excluding hydrogens is 463 g/mol. The minimum atomic E-state index is -0.554. The summed E-state index contributed by atoms with van der Waals surface area (Å²) in [5.74, 6) is -0.00949. The highest BCUT2D eigenvalue weighted by molar-refractivity contribution is 5.78. The molecule has 2 bridgehead atoms. The van der Waals surface area contributed by atoms with Crippen LogP contribution in [0.1, 0.15) is 71.3 Å². The Balaban J connectivity index is 1.25. The molecule has 4 fully saturated rings. The zero-order valence-electron chi connectivity index (χ0n) is 21.2. The maximum absolute atomic E-state index is 14.9. The number of pyridine rings is 2. The van der Waals surface area contributed by atoms with Crippen molar-refractivity contribution in [3.63, 3.8) is 0 Å². The largest absolute Gasteiger partial charge is 0.469 e. The van der Waals surface area contributed by atoms with Crippen LogP contribution in [0.25, 0.3) is 15.9 Å². The Labute approximate surface area is 210 Å². The van der Waals surface area contributed by atoms with Crippen molar-refractivity contribution in [2.24, 2.45) is 0 Å². The van der Waals surface area contributed by atoms with Gasteiger partial charge in [-0.05, 0) is 65.4 Å². The summed E-state index contributed by atoms with van der Waals surface area (Å²) >= 11 is 0. The minimum absolute atomic E-state index is 0.295. The standard InChI is InChI=1S/C27H33FN4O4/c1-24(2,3)36-23(33)32-26-11-13-27(14-12-26,35-17-26)8-7-18-19(28)15-30-20-5-6-21(31-22(18)20)34-16-25(29-4)9-10-25/h5-6,15H,7-14,16-17H2,1-3H3,(H,32,33). The number of hydrogen-bond acceptors (Lipinski definition) is 6. The summed E-state index contributed by atoms with van der Waals surface area (Å²) in [6, 6.07) is 3.50. The number of hydrogen-bond donors (Lipinski definition) is 1. The summed E-state index contributed by atoms with van der Waals surface area (Å²) < 4.78 is 32.5. The molecule has 0 aromatic carbocycles. The van der Waals surface area contributed by atoms with E-state index in [2.05, 4.69) is 20.1 Å². The molecule has 2 aliphatic heterocycles. The predicted molar refractivity (Wildman–Crippen MR) is 131 cm³/mol. The molecule has 4 heterocycles. The number of alkyl carbamates (subject to hydrolysis) is 1. The van der Waals surface area contributed by atoms with E-state index < -0.39 is 28.6 Å². The normalized spacial score (nSPS) is 26.3. The van der Waals surface area contributed by atoms with E-state index in [9.17, 15) is 9.18 Å². The van der Waals surface area contributed by atoms with Gasteiger partial charge in [0.2, 0.25) is 5.88 Å². The lowest BCUT2D eigenvalue weighted by Crippen LogP contribution is -2.63. The van der Waals surface area contributed by atoms with E-state index in [0.29, 0.717) is 48.5 Å². The number of aromatic nitrogens is 2. The average molecular weight is 497 g/mol. The molecule has 1 N–H and O–H groups in total. The molecule has 4 aliphatic rings. The second-order valence-electron chi connectivity index (χ2n) is 11.6. The molecule has 36 heavy (non-hydrogen) atoms. The summed E-state index contributed by atoms with van der Waals surface area (Å²) in [6.07, 6.45) is 6.77. The smallest absolute Gasteiger partial charge is 0.408 e. The van der Waals surface area contributed by atoms with Crippen molar-refractivity contribution in [1.82, 2.24) is 15.3 Å². The fourth-order valence-corrected chi connectivity index (χ4v) is 5.16. The molecule has 9 heteroatoms. The van der Waals surface area contributed by atoms with Gasteiger partial charge in [-0.25, -0.2) is 20.7 Å². The van der Waals surface area contributed by atoms with Crippen LogP contribution in [0, 0.1) is 12.4 Å². The van der Waals surface area contributed by atoms with E-state index in [-0.39, 0.29) is 5.60 Å². The van der Waals surface area contributed by atoms with Crippen LogP contribution >= 0.6 is 0 Å². The topological polar surface area (TPSA) is 86.9 Å². The van der Waals surface area contributed by atoms with Gasteiger partial charge in [-0.1, -0.05) is 0 Å². The molecule has 0 spiro atoms. The monoisotopic (exact) mass is 496 g/mol. The molecule has 192 valence electrons. The number of halogens is 1. The van der Waals surface area contributed by atoms with Crippen LogP contribution in [-0.2, 0) is 15.9 Å². The number of carbonyl (C=O) groups is 1. The van der Waals surface area contributed by atoms with Gasteiger partial charge in [0.15, 0.2) is 6.61 Å². The first-order valence-corrected chi connectivity index (χ1v) is 12.6. The van der Waals surface area contributed by atoms with Crippen molar-refractivity contribution in [1.29, 1.82) is 0 Å². The molecule has 6 rings (SSSR count). The van der Waals surface area contributed by atoms with Crippen molar-refractivity contribution in [2.75, 3.05) is 13.2 Å². The number of fused-ring (bicyclic) bond motifs is 4. The molecule has 2 aromatic heterocycles. The van der Waals surface area contributed by atoms with Gasteiger partial charge in [-0.3, -0.25) is 4.98 Å². The highest BCUT2D eigenvalue weighted by Crippen LogP contribution is 2.46. The van der Waals surface area contributed by atoms with Crippen LogP contribution < -0.4 is 10.1 Å². The maximum atomic E-state index is 14.9. The van der Waals surface area contributed by atoms with Crippen LogP contribution in [0.4, 0.5) is 9.18 Å². The molecule has 2 aromatic rings. The third kappa shape index (κ3) is 5.10. The lowest BCUT2D eigenvalue weighted by atomic mass is 9.69. The van der Waals surface area contributed by atoms with Crippen LogP contribution in [0.5, 0.6) is 5.88 Å². The Morgan fingerprint density at radius 1 is 1.22 bits per heavy atom. The van der Waals surface area contributed by atoms with Gasteiger partial charge in [-0.2, -0.15) is 0 Å². The molecule has 0 unspecified atom stereocenters. The third-order valence-electron chi connectivity index (χ3n) is 7.66. The summed E-state index contributed by atoms with van der Waals surface area (Å²) in [5.41, 5.74) is -0.130. The Bertz CT molecular complexity index is 1190. The third-order valence-corrected chi connectivity index (χ3v) is 7.66. The first-order valence-electron chi connectivity index (χ1n) is 12.6. The van der Waals surface area contributed by atoms with E-state index in [1.54, 1.807) is 12.1 Å². The molecule has 0 atom stereocenters. The molecular formula is C27H33FN4O4. The number of ether oxygens (including phenoxy) is 3. The van der Waals surface area contributed by atoms with Gasteiger partial charge >= 0.3 is 6.09 Å². The van der Waals surface area contributed by atoms with Crippen LogP contribution in [0.2, 0.25) is 0 Å². The molecule has 0 radical (unpaired) electrons. The van der Waals surface area contributed by atoms with Crippen LogP contribution in [-0.4, -0.2) is 51.6 Å². The summed E-state index contributed by atoms with van der Waals surface area (Å²) in [5, 5.41) is 3.04. The predicted octanol–water partition coefficient (Wildman–Crippen LogP) is 5.14. The molecule has 2 saturated carbocycles. The van der Waals surface area contributed by atoms with Gasteiger partial charge in [0.25, 0.3) is 5.54 Å². The maximum Gasteiger partial charge on any atom is 0.408 e. The van der Waals surface area contributed by atoms with Gasteiger partial charge in [-0.15, -0.1) is 0 Å². The number of nitrogens with one attached hydrogen (secondary N) is 1. The Morgan fingerprint density at radius 2 is 1.97 bits per heavy atom. The lowest BCUT2D eigenvalue weighted by Gasteiger charge is -2.53. The van der Waals surface area contributed by atoms with Crippen molar-refractivity contribution in [2.45, 2.75) is 94.4 Å². The minimum Gasteiger partial charge on any atom is -0.469 e. The molecule has 2 saturated heterocycles. The highest BCUT2D eigenvalue weighted by Gasteiger charge is 2.52. The summed E-state index contributed by atoms with van der Waals surface area (Å²) in [4.78, 5) is 24.8. The van der Waals surface area contributed by atoms with Crippen molar-refractivity contribution >= 4 is 17.1 Å². The fraction of sp³-hybridized carbons (Fsp3) is 0.630. The van der Waals surface area contributed by atoms with Gasteiger partial charge in [0.1, 0.15) is 11.4 Å². The van der Waals surface area contributed by atoms with Crippen molar-refractivity contribution in [3.05, 3.63) is 41.1 Å². The first kappa shape index (κ1) is 24.7.